The van der Waals surface area contributed by atoms with Crippen molar-refractivity contribution in [2.45, 2.75) is 71.4 Å². The monoisotopic (exact) mass is 695 g/mol. The van der Waals surface area contributed by atoms with Crippen molar-refractivity contribution in [2.24, 2.45) is 0 Å². The summed E-state index contributed by atoms with van der Waals surface area (Å²) in [5.41, 5.74) is 14.1. The van der Waals surface area contributed by atoms with Gasteiger partial charge in [-0.1, -0.05) is 114 Å². The Hall–Kier alpha value is -5.26. The molecule has 0 radical (unpaired) electrons. The van der Waals surface area contributed by atoms with Crippen LogP contribution in [0.4, 0.5) is 0 Å². The van der Waals surface area contributed by atoms with Crippen LogP contribution in [0.2, 0.25) is 19.6 Å². The molecule has 0 saturated heterocycles. The summed E-state index contributed by atoms with van der Waals surface area (Å²) in [6.07, 6.45) is 2.57. The average Bonchev–Trinajstić information content (AvgIpc) is 3.84. The van der Waals surface area contributed by atoms with Gasteiger partial charge in [0, 0.05) is 22.0 Å². The number of fused-ring (bicyclic) bond motifs is 16. The van der Waals surface area contributed by atoms with E-state index in [4.69, 9.17) is 4.42 Å². The van der Waals surface area contributed by atoms with Crippen molar-refractivity contribution < 1.29 is 13.6 Å². The van der Waals surface area contributed by atoms with Crippen LogP contribution < -0.4 is 14.3 Å². The quantitative estimate of drug-likeness (QED) is 0.130. The Morgan fingerprint density at radius 3 is 2.25 bits per heavy atom. The molecule has 5 heteroatoms. The molecule has 0 saturated carbocycles. The zero-order valence-corrected chi connectivity index (χ0v) is 32.2. The minimum atomic E-state index is -1.79. The van der Waals surface area contributed by atoms with Gasteiger partial charge in [-0.2, -0.15) is 4.57 Å². The molecule has 3 aromatic heterocycles. The molecule has 8 aromatic rings. The summed E-state index contributed by atoms with van der Waals surface area (Å²) in [5, 5.41) is 3.84. The lowest BCUT2D eigenvalue weighted by Crippen LogP contribution is -2.61. The maximum absolute atomic E-state index is 6.99. The van der Waals surface area contributed by atoms with E-state index in [-0.39, 0.29) is 0 Å². The van der Waals surface area contributed by atoms with Crippen LogP contribution in [0.15, 0.2) is 126 Å². The van der Waals surface area contributed by atoms with Crippen LogP contribution in [0.5, 0.6) is 0 Å². The lowest BCUT2D eigenvalue weighted by molar-refractivity contribution is -0.734. The summed E-state index contributed by atoms with van der Waals surface area (Å²) < 4.78 is 14.9. The van der Waals surface area contributed by atoms with E-state index in [9.17, 15) is 0 Å². The highest BCUT2D eigenvalue weighted by atomic mass is 28.3. The van der Waals surface area contributed by atoms with Gasteiger partial charge in [-0.25, -0.2) is 4.57 Å². The van der Waals surface area contributed by atoms with Crippen LogP contribution in [0.25, 0.3) is 55.6 Å². The molecule has 1 atom stereocenters. The summed E-state index contributed by atoms with van der Waals surface area (Å²) in [4.78, 5) is 0. The minimum Gasteiger partial charge on any atom is -0.455 e. The molecule has 4 nitrogen and oxygen atoms in total. The smallest absolute Gasteiger partial charge is 0.364 e. The van der Waals surface area contributed by atoms with Crippen molar-refractivity contribution in [3.63, 3.8) is 0 Å². The lowest BCUT2D eigenvalue weighted by atomic mass is 9.86. The van der Waals surface area contributed by atoms with Crippen LogP contribution in [-0.4, -0.2) is 12.6 Å². The largest absolute Gasteiger partial charge is 0.455 e. The van der Waals surface area contributed by atoms with Crippen LogP contribution in [0, 0.1) is 0 Å². The van der Waals surface area contributed by atoms with E-state index in [1.807, 2.05) is 0 Å². The number of hydrogen-bond acceptors (Lipinski definition) is 1. The number of aromatic nitrogens is 3. The fourth-order valence-corrected chi connectivity index (χ4v) is 11.1. The van der Waals surface area contributed by atoms with Crippen molar-refractivity contribution in [1.82, 2.24) is 4.57 Å². The van der Waals surface area contributed by atoms with Crippen LogP contribution in [-0.2, 0) is 12.2 Å². The van der Waals surface area contributed by atoms with Crippen molar-refractivity contribution in [3.8, 4) is 22.6 Å². The van der Waals surface area contributed by atoms with Gasteiger partial charge in [-0.15, -0.1) is 4.57 Å². The highest BCUT2D eigenvalue weighted by molar-refractivity contribution is 6.89. The fraction of sp³-hybridized carbons (Fsp3) is 0.234. The van der Waals surface area contributed by atoms with Crippen LogP contribution in [0.3, 0.4) is 0 Å². The van der Waals surface area contributed by atoms with Gasteiger partial charge in [-0.3, -0.25) is 0 Å². The standard InChI is InChI=1S/C47H45N3OSi/c1-29(2)32-21-22-35-38(25-32)47(49-28-43(52(5,6)7)36(30(3)4)26-41(35)49)37-24-23-34-33-17-11-14-20-42(33)51-45(34)44(37)46-48(27-31-15-9-8-10-16-31)39-18-12-13-19-40(39)50(46)47/h8-26,28-30H,27H2,1-7H3/q+2. The maximum atomic E-state index is 6.99. The Morgan fingerprint density at radius 2 is 1.48 bits per heavy atom. The van der Waals surface area contributed by atoms with Gasteiger partial charge >= 0.3 is 11.5 Å². The Labute approximate surface area is 306 Å². The molecule has 52 heavy (non-hydrogen) atoms. The summed E-state index contributed by atoms with van der Waals surface area (Å²) in [6.45, 7) is 17.6. The molecule has 1 spiro atoms. The predicted molar refractivity (Wildman–Crippen MR) is 215 cm³/mol. The summed E-state index contributed by atoms with van der Waals surface area (Å²) in [7, 11) is -1.79. The van der Waals surface area contributed by atoms with Crippen molar-refractivity contribution in [1.29, 1.82) is 0 Å². The zero-order chi connectivity index (χ0) is 35.7. The fourth-order valence-electron chi connectivity index (χ4n) is 9.37. The van der Waals surface area contributed by atoms with E-state index in [2.05, 4.69) is 182 Å². The number of rotatable bonds is 5. The maximum Gasteiger partial charge on any atom is 0.364 e. The van der Waals surface area contributed by atoms with Gasteiger partial charge in [-0.05, 0) is 71.0 Å². The van der Waals surface area contributed by atoms with E-state index >= 15 is 0 Å². The van der Waals surface area contributed by atoms with Gasteiger partial charge in [0.25, 0.3) is 0 Å². The lowest BCUT2D eigenvalue weighted by Gasteiger charge is -2.25. The molecule has 5 aromatic carbocycles. The molecule has 0 N–H and O–H groups in total. The Morgan fingerprint density at radius 1 is 0.731 bits per heavy atom. The molecule has 10 rings (SSSR count). The first-order valence-corrected chi connectivity index (χ1v) is 22.4. The molecule has 0 aliphatic carbocycles. The number of hydrogen-bond donors (Lipinski definition) is 0. The Kier molecular flexibility index (Phi) is 6.58. The zero-order valence-electron chi connectivity index (χ0n) is 31.2. The second-order valence-corrected chi connectivity index (χ2v) is 21.7. The van der Waals surface area contributed by atoms with Crippen molar-refractivity contribution in [2.75, 3.05) is 0 Å². The van der Waals surface area contributed by atoms with Gasteiger partial charge < -0.3 is 4.42 Å². The van der Waals surface area contributed by atoms with E-state index in [1.54, 1.807) is 0 Å². The third kappa shape index (κ3) is 4.09. The highest BCUT2D eigenvalue weighted by Gasteiger charge is 2.67. The number of imidazole rings is 1. The van der Waals surface area contributed by atoms with Gasteiger partial charge in [0.05, 0.1) is 24.8 Å². The molecule has 1 unspecified atom stereocenters. The minimum absolute atomic E-state index is 0.391. The molecule has 0 amide bonds. The summed E-state index contributed by atoms with van der Waals surface area (Å²) in [6, 6.07) is 43.0. The third-order valence-electron chi connectivity index (χ3n) is 11.8. The molecule has 0 bridgehead atoms. The average molecular weight is 696 g/mol. The van der Waals surface area contributed by atoms with Gasteiger partial charge in [0.1, 0.15) is 17.7 Å². The number of para-hydroxylation sites is 3. The van der Waals surface area contributed by atoms with Crippen molar-refractivity contribution >= 4 is 46.2 Å². The normalized spacial score (nSPS) is 16.1. The Balaban J connectivity index is 1.45. The number of furan rings is 1. The molecular formula is C47H45N3OSi+2. The van der Waals surface area contributed by atoms with E-state index in [1.165, 1.54) is 66.7 Å². The molecule has 5 heterocycles. The second-order valence-electron chi connectivity index (χ2n) is 16.6. The van der Waals surface area contributed by atoms with Crippen molar-refractivity contribution in [3.05, 3.63) is 149 Å². The number of benzene rings is 5. The van der Waals surface area contributed by atoms with Gasteiger partial charge in [0.2, 0.25) is 5.69 Å². The number of nitrogens with zero attached hydrogens (tertiary/aromatic N) is 3. The summed E-state index contributed by atoms with van der Waals surface area (Å²) >= 11 is 0. The first kappa shape index (κ1) is 31.5. The van der Waals surface area contributed by atoms with Crippen LogP contribution >= 0.6 is 0 Å². The van der Waals surface area contributed by atoms with E-state index in [0.717, 1.165) is 28.5 Å². The SMILES string of the molecule is CC(C)c1ccc2c(c1)C1(c3ccc4c(oc5ccccc54)c3-c3n1c1ccccc1[n+]3Cc1ccccc1)[n+]1cc([Si](C)(C)C)c(C(C)C)cc1-2. The molecule has 2 aliphatic heterocycles. The summed E-state index contributed by atoms with van der Waals surface area (Å²) in [5.74, 6) is 2.00. The molecule has 256 valence electrons. The third-order valence-corrected chi connectivity index (χ3v) is 13.8. The number of pyridine rings is 1. The topological polar surface area (TPSA) is 25.8 Å². The highest BCUT2D eigenvalue weighted by Crippen LogP contribution is 2.55. The first-order chi connectivity index (χ1) is 25.1. The van der Waals surface area contributed by atoms with E-state index in [0.29, 0.717) is 11.8 Å². The van der Waals surface area contributed by atoms with Crippen LogP contribution in [0.1, 0.15) is 67.3 Å². The van der Waals surface area contributed by atoms with E-state index < -0.39 is 13.7 Å². The molecule has 2 aliphatic rings. The Bertz CT molecular complexity index is 2760. The molecule has 0 fully saturated rings. The molecular weight excluding hydrogens is 651 g/mol. The second kappa shape index (κ2) is 10.9. The van der Waals surface area contributed by atoms with Gasteiger partial charge in [0.15, 0.2) is 22.8 Å². The first-order valence-electron chi connectivity index (χ1n) is 18.9. The predicted octanol–water partition coefficient (Wildman–Crippen LogP) is 10.2.